The molecular formula is C27H27NO5. The number of methoxy groups -OCH3 is 2. The summed E-state index contributed by atoms with van der Waals surface area (Å²) in [6.07, 6.45) is 2.30. The monoisotopic (exact) mass is 445 g/mol. The lowest BCUT2D eigenvalue weighted by Gasteiger charge is -2.23. The third-order valence-electron chi connectivity index (χ3n) is 5.61. The first-order valence-corrected chi connectivity index (χ1v) is 10.9. The Bertz CT molecular complexity index is 1100. The van der Waals surface area contributed by atoms with E-state index in [1.807, 2.05) is 41.3 Å². The van der Waals surface area contributed by atoms with E-state index in [9.17, 15) is 9.59 Å². The molecule has 0 atom stereocenters. The van der Waals surface area contributed by atoms with Crippen molar-refractivity contribution in [2.45, 2.75) is 19.4 Å². The fourth-order valence-electron chi connectivity index (χ4n) is 3.59. The number of benzene rings is 3. The van der Waals surface area contributed by atoms with E-state index >= 15 is 0 Å². The number of ether oxygens (including phenoxy) is 3. The molecule has 0 bridgehead atoms. The van der Waals surface area contributed by atoms with E-state index in [1.54, 1.807) is 43.5 Å². The molecule has 0 unspecified atom stereocenters. The highest BCUT2D eigenvalue weighted by atomic mass is 16.5. The smallest absolute Gasteiger partial charge is 0.337 e. The highest BCUT2D eigenvalue weighted by Gasteiger charge is 2.27. The van der Waals surface area contributed by atoms with Crippen molar-refractivity contribution in [1.29, 1.82) is 0 Å². The Morgan fingerprint density at radius 1 is 0.848 bits per heavy atom. The first-order chi connectivity index (χ1) is 16.1. The lowest BCUT2D eigenvalue weighted by molar-refractivity contribution is 0.0600. The van der Waals surface area contributed by atoms with Crippen LogP contribution in [0, 0.1) is 5.92 Å². The Balaban J connectivity index is 1.46. The molecule has 0 aromatic heterocycles. The Morgan fingerprint density at radius 2 is 1.48 bits per heavy atom. The van der Waals surface area contributed by atoms with Gasteiger partial charge in [-0.15, -0.1) is 0 Å². The Hall–Kier alpha value is -3.80. The molecule has 6 heteroatoms. The second-order valence-electron chi connectivity index (χ2n) is 8.09. The number of amides is 1. The molecule has 0 N–H and O–H groups in total. The molecule has 1 amide bonds. The Labute approximate surface area is 193 Å². The lowest BCUT2D eigenvalue weighted by atomic mass is 10.1. The summed E-state index contributed by atoms with van der Waals surface area (Å²) in [5.41, 5.74) is 2.06. The molecule has 0 aliphatic heterocycles. The second kappa shape index (κ2) is 10.2. The zero-order chi connectivity index (χ0) is 23.2. The van der Waals surface area contributed by atoms with E-state index in [1.165, 1.54) is 7.11 Å². The molecule has 6 nitrogen and oxygen atoms in total. The molecule has 1 fully saturated rings. The van der Waals surface area contributed by atoms with Crippen molar-refractivity contribution >= 4 is 11.9 Å². The fourth-order valence-corrected chi connectivity index (χ4v) is 3.59. The topological polar surface area (TPSA) is 65.1 Å². The summed E-state index contributed by atoms with van der Waals surface area (Å²) < 4.78 is 16.0. The standard InChI is InChI=1S/C27H27NO5/c1-31-24-5-3-4-6-25(24)33-23-15-13-21(14-16-23)26(29)28(17-19-7-8-19)18-20-9-11-22(12-10-20)27(30)32-2/h3-6,9-16,19H,7-8,17-18H2,1-2H3. The highest BCUT2D eigenvalue weighted by Crippen LogP contribution is 2.32. The molecule has 4 rings (SSSR count). The zero-order valence-corrected chi connectivity index (χ0v) is 18.8. The van der Waals surface area contributed by atoms with Crippen LogP contribution >= 0.6 is 0 Å². The van der Waals surface area contributed by atoms with Crippen molar-refractivity contribution in [1.82, 2.24) is 4.90 Å². The number of para-hydroxylation sites is 2. The summed E-state index contributed by atoms with van der Waals surface area (Å²) in [5.74, 6) is 2.04. The Morgan fingerprint density at radius 3 is 2.09 bits per heavy atom. The molecule has 1 saturated carbocycles. The van der Waals surface area contributed by atoms with Gasteiger partial charge < -0.3 is 19.1 Å². The molecule has 3 aromatic rings. The van der Waals surface area contributed by atoms with Gasteiger partial charge >= 0.3 is 5.97 Å². The normalized spacial score (nSPS) is 12.7. The van der Waals surface area contributed by atoms with E-state index in [-0.39, 0.29) is 11.9 Å². The van der Waals surface area contributed by atoms with Crippen molar-refractivity contribution in [3.8, 4) is 17.2 Å². The van der Waals surface area contributed by atoms with Crippen molar-refractivity contribution < 1.29 is 23.8 Å². The van der Waals surface area contributed by atoms with Crippen LogP contribution in [-0.2, 0) is 11.3 Å². The highest BCUT2D eigenvalue weighted by molar-refractivity contribution is 5.94. The maximum absolute atomic E-state index is 13.3. The summed E-state index contributed by atoms with van der Waals surface area (Å²) >= 11 is 0. The van der Waals surface area contributed by atoms with E-state index in [2.05, 4.69) is 0 Å². The van der Waals surface area contributed by atoms with E-state index in [0.29, 0.717) is 40.8 Å². The average molecular weight is 446 g/mol. The first-order valence-electron chi connectivity index (χ1n) is 10.9. The summed E-state index contributed by atoms with van der Waals surface area (Å²) in [4.78, 5) is 26.8. The minimum Gasteiger partial charge on any atom is -0.493 e. The fraction of sp³-hybridized carbons (Fsp3) is 0.259. The van der Waals surface area contributed by atoms with Crippen LogP contribution < -0.4 is 9.47 Å². The van der Waals surface area contributed by atoms with Gasteiger partial charge in [0, 0.05) is 18.7 Å². The van der Waals surface area contributed by atoms with Crippen LogP contribution in [0.4, 0.5) is 0 Å². The quantitative estimate of drug-likeness (QED) is 0.417. The summed E-state index contributed by atoms with van der Waals surface area (Å²) in [7, 11) is 2.96. The first kappa shape index (κ1) is 22.4. The SMILES string of the molecule is COC(=O)c1ccc(CN(CC2CC2)C(=O)c2ccc(Oc3ccccc3OC)cc2)cc1. The molecule has 170 valence electrons. The zero-order valence-electron chi connectivity index (χ0n) is 18.8. The third kappa shape index (κ3) is 5.71. The van der Waals surface area contributed by atoms with Crippen LogP contribution in [0.2, 0.25) is 0 Å². The largest absolute Gasteiger partial charge is 0.493 e. The maximum atomic E-state index is 13.3. The summed E-state index contributed by atoms with van der Waals surface area (Å²) in [5, 5.41) is 0. The van der Waals surface area contributed by atoms with Crippen LogP contribution in [0.15, 0.2) is 72.8 Å². The summed E-state index contributed by atoms with van der Waals surface area (Å²) in [6.45, 7) is 1.20. The number of nitrogens with zero attached hydrogens (tertiary/aromatic N) is 1. The van der Waals surface area contributed by atoms with Crippen LogP contribution in [0.5, 0.6) is 17.2 Å². The van der Waals surface area contributed by atoms with Crippen LogP contribution in [0.1, 0.15) is 39.1 Å². The summed E-state index contributed by atoms with van der Waals surface area (Å²) in [6, 6.07) is 21.8. The minimum atomic E-state index is -0.372. The van der Waals surface area contributed by atoms with Gasteiger partial charge in [0.2, 0.25) is 0 Å². The molecule has 0 heterocycles. The number of rotatable bonds is 9. The van der Waals surface area contributed by atoms with Gasteiger partial charge in [-0.25, -0.2) is 4.79 Å². The molecule has 1 aliphatic rings. The van der Waals surface area contributed by atoms with Gasteiger partial charge in [-0.05, 0) is 72.9 Å². The van der Waals surface area contributed by atoms with Crippen LogP contribution in [0.25, 0.3) is 0 Å². The van der Waals surface area contributed by atoms with Gasteiger partial charge in [0.05, 0.1) is 19.8 Å². The van der Waals surface area contributed by atoms with E-state index < -0.39 is 0 Å². The molecule has 0 radical (unpaired) electrons. The maximum Gasteiger partial charge on any atom is 0.337 e. The van der Waals surface area contributed by atoms with Crippen molar-refractivity contribution in [3.05, 3.63) is 89.5 Å². The average Bonchev–Trinajstić information content (AvgIpc) is 3.68. The molecular weight excluding hydrogens is 418 g/mol. The lowest BCUT2D eigenvalue weighted by Crippen LogP contribution is -2.32. The van der Waals surface area contributed by atoms with Crippen molar-refractivity contribution in [2.75, 3.05) is 20.8 Å². The van der Waals surface area contributed by atoms with Gasteiger partial charge in [-0.3, -0.25) is 4.79 Å². The third-order valence-corrected chi connectivity index (χ3v) is 5.61. The molecule has 1 aliphatic carbocycles. The second-order valence-corrected chi connectivity index (χ2v) is 8.09. The van der Waals surface area contributed by atoms with Gasteiger partial charge in [-0.2, -0.15) is 0 Å². The van der Waals surface area contributed by atoms with Gasteiger partial charge in [-0.1, -0.05) is 24.3 Å². The number of hydrogen-bond donors (Lipinski definition) is 0. The van der Waals surface area contributed by atoms with Crippen molar-refractivity contribution in [3.63, 3.8) is 0 Å². The number of carbonyl (C=O) groups excluding carboxylic acids is 2. The molecule has 0 saturated heterocycles. The van der Waals surface area contributed by atoms with Gasteiger partial charge in [0.25, 0.3) is 5.91 Å². The van der Waals surface area contributed by atoms with E-state index in [0.717, 1.165) is 24.9 Å². The number of esters is 1. The number of carbonyl (C=O) groups is 2. The predicted octanol–water partition coefficient (Wildman–Crippen LogP) is 5.33. The van der Waals surface area contributed by atoms with Gasteiger partial charge in [0.1, 0.15) is 5.75 Å². The van der Waals surface area contributed by atoms with Crippen LogP contribution in [0.3, 0.4) is 0 Å². The predicted molar refractivity (Wildman–Crippen MR) is 125 cm³/mol. The van der Waals surface area contributed by atoms with E-state index in [4.69, 9.17) is 14.2 Å². The van der Waals surface area contributed by atoms with Crippen molar-refractivity contribution in [2.24, 2.45) is 5.92 Å². The van der Waals surface area contributed by atoms with Gasteiger partial charge in [0.15, 0.2) is 11.5 Å². The molecule has 3 aromatic carbocycles. The molecule has 0 spiro atoms. The number of hydrogen-bond acceptors (Lipinski definition) is 5. The minimum absolute atomic E-state index is 0.0252. The Kier molecular flexibility index (Phi) is 6.93. The molecule has 33 heavy (non-hydrogen) atoms. The van der Waals surface area contributed by atoms with Crippen LogP contribution in [-0.4, -0.2) is 37.5 Å².